The molecule has 4 rings (SSSR count). The Morgan fingerprint density at radius 1 is 1.35 bits per heavy atom. The Kier molecular flexibility index (Phi) is 3.99. The van der Waals surface area contributed by atoms with E-state index in [4.69, 9.17) is 4.74 Å². The summed E-state index contributed by atoms with van der Waals surface area (Å²) in [6.07, 6.45) is 4.27. The third-order valence-electron chi connectivity index (χ3n) is 5.96. The van der Waals surface area contributed by atoms with Crippen molar-refractivity contribution in [1.82, 2.24) is 19.9 Å². The molecule has 1 fully saturated rings. The second-order valence-corrected chi connectivity index (χ2v) is 7.20. The summed E-state index contributed by atoms with van der Waals surface area (Å²) < 4.78 is 6.65. The molecule has 2 atom stereocenters. The van der Waals surface area contributed by atoms with Gasteiger partial charge in [0.05, 0.1) is 24.7 Å². The van der Waals surface area contributed by atoms with Crippen molar-refractivity contribution in [3.8, 4) is 5.69 Å². The quantitative estimate of drug-likeness (QED) is 0.784. The van der Waals surface area contributed by atoms with Gasteiger partial charge >= 0.3 is 5.97 Å². The van der Waals surface area contributed by atoms with Gasteiger partial charge in [0.2, 0.25) is 0 Å². The maximum Gasteiger partial charge on any atom is 0.360 e. The Bertz CT molecular complexity index is 848. The highest BCUT2D eigenvalue weighted by Gasteiger charge is 2.54. The molecule has 7 nitrogen and oxygen atoms in total. The molecule has 0 N–H and O–H groups in total. The smallest absolute Gasteiger partial charge is 0.360 e. The molecule has 0 radical (unpaired) electrons. The fourth-order valence-electron chi connectivity index (χ4n) is 4.73. The predicted molar refractivity (Wildman–Crippen MR) is 98.7 cm³/mol. The normalized spacial score (nSPS) is 24.6. The number of fused-ring (bicyclic) bond motifs is 3. The van der Waals surface area contributed by atoms with Crippen molar-refractivity contribution in [2.24, 2.45) is 0 Å². The molecule has 26 heavy (non-hydrogen) atoms. The van der Waals surface area contributed by atoms with Gasteiger partial charge in [0.25, 0.3) is 0 Å². The van der Waals surface area contributed by atoms with Gasteiger partial charge in [-0.1, -0.05) is 12.1 Å². The molecule has 1 saturated heterocycles. The Balaban J connectivity index is 1.74. The van der Waals surface area contributed by atoms with Gasteiger partial charge in [-0.3, -0.25) is 4.90 Å². The molecule has 0 unspecified atom stereocenters. The van der Waals surface area contributed by atoms with Crippen molar-refractivity contribution in [2.45, 2.75) is 38.3 Å². The van der Waals surface area contributed by atoms with Gasteiger partial charge in [-0.15, -0.1) is 5.10 Å². The van der Waals surface area contributed by atoms with Crippen molar-refractivity contribution in [2.75, 3.05) is 32.1 Å². The van der Waals surface area contributed by atoms with E-state index in [1.165, 1.54) is 11.3 Å². The number of aromatic nitrogens is 3. The van der Waals surface area contributed by atoms with Crippen LogP contribution in [0.5, 0.6) is 0 Å². The van der Waals surface area contributed by atoms with E-state index in [1.807, 2.05) is 6.07 Å². The number of ether oxygens (including phenoxy) is 1. The third-order valence-corrected chi connectivity index (χ3v) is 5.96. The number of likely N-dealkylation sites (N-methyl/N-ethyl adjacent to an activating group) is 2. The van der Waals surface area contributed by atoms with Gasteiger partial charge in [-0.2, -0.15) is 0 Å². The first-order valence-electron chi connectivity index (χ1n) is 9.19. The van der Waals surface area contributed by atoms with Crippen molar-refractivity contribution in [3.63, 3.8) is 0 Å². The average molecular weight is 355 g/mol. The lowest BCUT2D eigenvalue weighted by molar-refractivity contribution is 0.0519. The Morgan fingerprint density at radius 2 is 2.15 bits per heavy atom. The fraction of sp³-hybridized carbons (Fsp3) is 0.526. The van der Waals surface area contributed by atoms with Gasteiger partial charge in [-0.05, 0) is 50.6 Å². The summed E-state index contributed by atoms with van der Waals surface area (Å²) in [4.78, 5) is 16.7. The van der Waals surface area contributed by atoms with Crippen LogP contribution in [0.15, 0.2) is 24.4 Å². The van der Waals surface area contributed by atoms with Gasteiger partial charge in [-0.25, -0.2) is 9.48 Å². The summed E-state index contributed by atoms with van der Waals surface area (Å²) in [5, 5.41) is 8.08. The van der Waals surface area contributed by atoms with Gasteiger partial charge in [0, 0.05) is 24.7 Å². The molecule has 0 saturated carbocycles. The van der Waals surface area contributed by atoms with Crippen LogP contribution in [0, 0.1) is 0 Å². The molecule has 3 heterocycles. The summed E-state index contributed by atoms with van der Waals surface area (Å²) in [6, 6.07) is 6.39. The Morgan fingerprint density at radius 3 is 2.88 bits per heavy atom. The van der Waals surface area contributed by atoms with Crippen molar-refractivity contribution in [3.05, 3.63) is 35.7 Å². The van der Waals surface area contributed by atoms with Crippen LogP contribution in [0.3, 0.4) is 0 Å². The number of hydrogen-bond acceptors (Lipinski definition) is 6. The first kappa shape index (κ1) is 17.0. The molecule has 2 aliphatic rings. The van der Waals surface area contributed by atoms with E-state index in [0.29, 0.717) is 12.8 Å². The van der Waals surface area contributed by atoms with Crippen LogP contribution in [0.4, 0.5) is 5.69 Å². The van der Waals surface area contributed by atoms with E-state index in [1.54, 1.807) is 17.8 Å². The number of carbonyl (C=O) groups is 1. The summed E-state index contributed by atoms with van der Waals surface area (Å²) in [6.45, 7) is 5.47. The molecule has 138 valence electrons. The molecule has 0 spiro atoms. The largest absolute Gasteiger partial charge is 0.461 e. The molecular weight excluding hydrogens is 330 g/mol. The Labute approximate surface area is 153 Å². The van der Waals surface area contributed by atoms with Crippen LogP contribution >= 0.6 is 0 Å². The fourth-order valence-corrected chi connectivity index (χ4v) is 4.73. The number of benzene rings is 1. The second-order valence-electron chi connectivity index (χ2n) is 7.20. The highest BCUT2D eigenvalue weighted by molar-refractivity contribution is 5.86. The maximum absolute atomic E-state index is 11.9. The molecule has 0 aliphatic carbocycles. The number of esters is 1. The molecule has 7 heteroatoms. The molecule has 0 amide bonds. The van der Waals surface area contributed by atoms with Crippen LogP contribution in [0.25, 0.3) is 5.69 Å². The van der Waals surface area contributed by atoms with Crippen LogP contribution in [-0.2, 0) is 10.2 Å². The first-order valence-corrected chi connectivity index (χ1v) is 9.19. The zero-order valence-electron chi connectivity index (χ0n) is 15.8. The average Bonchev–Trinajstić information content (AvgIpc) is 3.31. The third kappa shape index (κ3) is 2.26. The van der Waals surface area contributed by atoms with Crippen LogP contribution < -0.4 is 4.90 Å². The number of anilines is 1. The van der Waals surface area contributed by atoms with Crippen molar-refractivity contribution in [1.29, 1.82) is 0 Å². The maximum atomic E-state index is 11.9. The number of carbonyl (C=O) groups excluding carboxylic acids is 1. The summed E-state index contributed by atoms with van der Waals surface area (Å²) >= 11 is 0. The molecule has 1 aromatic carbocycles. The Hall–Kier alpha value is -2.41. The molecule has 2 aliphatic heterocycles. The van der Waals surface area contributed by atoms with Crippen LogP contribution in [0.2, 0.25) is 0 Å². The summed E-state index contributed by atoms with van der Waals surface area (Å²) in [5.74, 6) is -0.442. The number of rotatable bonds is 4. The summed E-state index contributed by atoms with van der Waals surface area (Å²) in [7, 11) is 4.38. The van der Waals surface area contributed by atoms with Gasteiger partial charge in [0.1, 0.15) is 0 Å². The van der Waals surface area contributed by atoms with Gasteiger partial charge in [0.15, 0.2) is 5.69 Å². The molecule has 1 aromatic heterocycles. The highest BCUT2D eigenvalue weighted by Crippen LogP contribution is 2.53. The van der Waals surface area contributed by atoms with E-state index in [9.17, 15) is 4.79 Å². The lowest BCUT2D eigenvalue weighted by Crippen LogP contribution is -2.46. The molecular formula is C19H25N5O2. The molecule has 2 aromatic rings. The second kappa shape index (κ2) is 6.09. The van der Waals surface area contributed by atoms with E-state index in [0.717, 1.165) is 25.1 Å². The van der Waals surface area contributed by atoms with E-state index in [-0.39, 0.29) is 11.1 Å². The highest BCUT2D eigenvalue weighted by atomic mass is 16.5. The van der Waals surface area contributed by atoms with E-state index < -0.39 is 5.97 Å². The minimum Gasteiger partial charge on any atom is -0.461 e. The van der Waals surface area contributed by atoms with Gasteiger partial charge < -0.3 is 9.64 Å². The summed E-state index contributed by atoms with van der Waals surface area (Å²) in [5.41, 5.74) is 3.93. The number of hydrogen-bond donors (Lipinski definition) is 0. The lowest BCUT2D eigenvalue weighted by Gasteiger charge is -2.34. The zero-order valence-corrected chi connectivity index (χ0v) is 15.8. The van der Waals surface area contributed by atoms with E-state index in [2.05, 4.69) is 53.3 Å². The van der Waals surface area contributed by atoms with Crippen molar-refractivity contribution < 1.29 is 9.53 Å². The number of likely N-dealkylation sites (tertiary alicyclic amines) is 1. The molecule has 0 bridgehead atoms. The predicted octanol–water partition coefficient (Wildman–Crippen LogP) is 2.20. The monoisotopic (exact) mass is 355 g/mol. The zero-order chi connectivity index (χ0) is 18.5. The topological polar surface area (TPSA) is 63.5 Å². The minimum atomic E-state index is -0.442. The SMILES string of the molecule is CCOC(=O)c1cn(-c2ccc3c(c2)[C@]2(CC)CCN(C)[C@@H]2N3C)nn1. The first-order chi connectivity index (χ1) is 12.5. The minimum absolute atomic E-state index is 0.138. The number of nitrogens with zero attached hydrogens (tertiary/aromatic N) is 5. The van der Waals surface area contributed by atoms with Crippen LogP contribution in [-0.4, -0.2) is 59.3 Å². The van der Waals surface area contributed by atoms with E-state index >= 15 is 0 Å². The van der Waals surface area contributed by atoms with Crippen molar-refractivity contribution >= 4 is 11.7 Å². The lowest BCUT2D eigenvalue weighted by atomic mass is 9.77. The standard InChI is InChI=1S/C19H25N5O2/c1-5-19-9-10-22(3)18(19)23(4)16-8-7-13(11-14(16)19)24-12-15(20-21-24)17(25)26-6-2/h7-8,11-12,18H,5-6,9-10H2,1-4H3/t18-,19+/m1/s1. The van der Waals surface area contributed by atoms with Crippen LogP contribution in [0.1, 0.15) is 42.7 Å².